The van der Waals surface area contributed by atoms with Gasteiger partial charge >= 0.3 is 5.76 Å². The number of oxazole rings is 1. The molecule has 0 spiro atoms. The van der Waals surface area contributed by atoms with E-state index < -0.39 is 11.4 Å². The zero-order valence-corrected chi connectivity index (χ0v) is 13.6. The summed E-state index contributed by atoms with van der Waals surface area (Å²) in [7, 11) is 0. The molecule has 0 unspecified atom stereocenters. The van der Waals surface area contributed by atoms with E-state index in [1.165, 1.54) is 4.57 Å². The third-order valence-corrected chi connectivity index (χ3v) is 4.78. The molecule has 2 N–H and O–H groups in total. The molecule has 1 heterocycles. The molecule has 1 aromatic heterocycles. The van der Waals surface area contributed by atoms with E-state index in [4.69, 9.17) is 4.42 Å². The van der Waals surface area contributed by atoms with E-state index in [1.54, 1.807) is 24.3 Å². The number of carbonyl (C=O) groups excluding carboxylic acids is 1. The van der Waals surface area contributed by atoms with Gasteiger partial charge in [-0.1, -0.05) is 36.4 Å². The van der Waals surface area contributed by atoms with Crippen LogP contribution in [0.25, 0.3) is 11.1 Å². The van der Waals surface area contributed by atoms with Gasteiger partial charge in [0.1, 0.15) is 12.1 Å². The van der Waals surface area contributed by atoms with Gasteiger partial charge in [0.15, 0.2) is 5.58 Å². The number of nitrogens with zero attached hydrogens (tertiary/aromatic N) is 1. The summed E-state index contributed by atoms with van der Waals surface area (Å²) in [5.41, 5.74) is 1.93. The lowest BCUT2D eigenvalue weighted by Gasteiger charge is -2.24. The predicted molar refractivity (Wildman–Crippen MR) is 92.1 cm³/mol. The maximum absolute atomic E-state index is 12.3. The van der Waals surface area contributed by atoms with E-state index in [0.717, 1.165) is 17.5 Å². The van der Waals surface area contributed by atoms with Crippen LogP contribution in [0.1, 0.15) is 17.5 Å². The molecule has 1 aliphatic rings. The fraction of sp³-hybridized carbons (Fsp3) is 0.263. The van der Waals surface area contributed by atoms with Gasteiger partial charge in [-0.25, -0.2) is 4.79 Å². The van der Waals surface area contributed by atoms with Crippen molar-refractivity contribution in [1.82, 2.24) is 9.88 Å². The second-order valence-corrected chi connectivity index (χ2v) is 6.39. The van der Waals surface area contributed by atoms with E-state index in [-0.39, 0.29) is 19.0 Å². The van der Waals surface area contributed by atoms with E-state index in [1.807, 2.05) is 24.3 Å². The lowest BCUT2D eigenvalue weighted by molar-refractivity contribution is -0.123. The molecule has 0 saturated carbocycles. The van der Waals surface area contributed by atoms with Crippen molar-refractivity contribution in [2.75, 3.05) is 6.54 Å². The average Bonchev–Trinajstić information content (AvgIpc) is 3.12. The molecule has 0 bridgehead atoms. The topological polar surface area (TPSA) is 84.5 Å². The van der Waals surface area contributed by atoms with Crippen molar-refractivity contribution in [3.8, 4) is 0 Å². The van der Waals surface area contributed by atoms with Crippen molar-refractivity contribution in [3.05, 3.63) is 70.2 Å². The van der Waals surface area contributed by atoms with E-state index >= 15 is 0 Å². The van der Waals surface area contributed by atoms with Crippen molar-refractivity contribution in [2.24, 2.45) is 0 Å². The molecular weight excluding hydrogens is 320 g/mol. The third kappa shape index (κ3) is 2.74. The summed E-state index contributed by atoms with van der Waals surface area (Å²) in [5.74, 6) is -0.910. The van der Waals surface area contributed by atoms with Crippen LogP contribution in [0.3, 0.4) is 0 Å². The van der Waals surface area contributed by atoms with Crippen molar-refractivity contribution >= 4 is 17.0 Å². The number of amides is 1. The molecule has 128 valence electrons. The number of aryl methyl sites for hydroxylation is 1. The molecule has 1 aliphatic carbocycles. The number of fused-ring (bicyclic) bond motifs is 2. The van der Waals surface area contributed by atoms with E-state index in [2.05, 4.69) is 5.32 Å². The molecule has 0 radical (unpaired) electrons. The first-order valence-electron chi connectivity index (χ1n) is 8.23. The molecule has 0 saturated heterocycles. The minimum Gasteiger partial charge on any atom is -0.408 e. The summed E-state index contributed by atoms with van der Waals surface area (Å²) in [6.07, 6.45) is 1.36. The summed E-state index contributed by atoms with van der Waals surface area (Å²) in [6, 6.07) is 14.7. The Morgan fingerprint density at radius 3 is 2.84 bits per heavy atom. The molecule has 6 heteroatoms. The molecule has 4 rings (SSSR count). The highest BCUT2D eigenvalue weighted by Gasteiger charge is 2.36. The number of para-hydroxylation sites is 2. The van der Waals surface area contributed by atoms with Gasteiger partial charge in [-0.3, -0.25) is 9.36 Å². The van der Waals surface area contributed by atoms with Gasteiger partial charge < -0.3 is 14.8 Å². The van der Waals surface area contributed by atoms with Crippen molar-refractivity contribution in [2.45, 2.75) is 25.0 Å². The number of hydrogen-bond donors (Lipinski definition) is 2. The van der Waals surface area contributed by atoms with Gasteiger partial charge in [-0.15, -0.1) is 0 Å². The molecule has 3 aromatic rings. The first-order valence-corrected chi connectivity index (χ1v) is 8.23. The quantitative estimate of drug-likeness (QED) is 0.756. The van der Waals surface area contributed by atoms with Gasteiger partial charge in [0.25, 0.3) is 0 Å². The van der Waals surface area contributed by atoms with E-state index in [9.17, 15) is 14.7 Å². The van der Waals surface area contributed by atoms with Gasteiger partial charge in [0.05, 0.1) is 12.1 Å². The van der Waals surface area contributed by atoms with Crippen LogP contribution < -0.4 is 11.1 Å². The molecule has 0 aliphatic heterocycles. The standard InChI is InChI=1S/C19H18N2O4/c22-17(11-21-15-7-3-4-8-16(15)25-18(21)23)20-12-19(24)10-9-13-5-1-2-6-14(13)19/h1-8,24H,9-12H2,(H,20,22)/t19-/m1/s1. The SMILES string of the molecule is O=C(Cn1c(=O)oc2ccccc21)NC[C@]1(O)CCc2ccccc21. The normalized spacial score (nSPS) is 19.1. The Kier molecular flexibility index (Phi) is 3.69. The van der Waals surface area contributed by atoms with Crippen LogP contribution in [-0.4, -0.2) is 22.1 Å². The highest BCUT2D eigenvalue weighted by molar-refractivity contribution is 5.79. The Hall–Kier alpha value is -2.86. The van der Waals surface area contributed by atoms with E-state index in [0.29, 0.717) is 17.5 Å². The average molecular weight is 338 g/mol. The van der Waals surface area contributed by atoms with Crippen LogP contribution in [0.5, 0.6) is 0 Å². The molecule has 25 heavy (non-hydrogen) atoms. The minimum atomic E-state index is -1.06. The summed E-state index contributed by atoms with van der Waals surface area (Å²) >= 11 is 0. The van der Waals surface area contributed by atoms with Gasteiger partial charge in [-0.05, 0) is 36.1 Å². The first kappa shape index (κ1) is 15.7. The summed E-state index contributed by atoms with van der Waals surface area (Å²) < 4.78 is 6.41. The Balaban J connectivity index is 1.48. The number of aliphatic hydroxyl groups is 1. The summed E-state index contributed by atoms with van der Waals surface area (Å²) in [6.45, 7) is -0.0268. The number of benzene rings is 2. The van der Waals surface area contributed by atoms with Gasteiger partial charge in [0.2, 0.25) is 5.91 Å². The molecule has 1 atom stereocenters. The fourth-order valence-corrected chi connectivity index (χ4v) is 3.46. The Morgan fingerprint density at radius 2 is 1.96 bits per heavy atom. The maximum atomic E-state index is 12.3. The van der Waals surface area contributed by atoms with Crippen molar-refractivity contribution in [1.29, 1.82) is 0 Å². The fourth-order valence-electron chi connectivity index (χ4n) is 3.46. The Labute approximate surface area is 143 Å². The zero-order chi connectivity index (χ0) is 17.4. The van der Waals surface area contributed by atoms with Crippen LogP contribution in [-0.2, 0) is 23.4 Å². The zero-order valence-electron chi connectivity index (χ0n) is 13.6. The summed E-state index contributed by atoms with van der Waals surface area (Å²) in [5, 5.41) is 13.6. The molecule has 1 amide bonds. The second-order valence-electron chi connectivity index (χ2n) is 6.39. The number of nitrogens with one attached hydrogen (secondary N) is 1. The highest BCUT2D eigenvalue weighted by atomic mass is 16.4. The second kappa shape index (κ2) is 5.89. The van der Waals surface area contributed by atoms with Crippen LogP contribution in [0, 0.1) is 0 Å². The first-order chi connectivity index (χ1) is 12.1. The summed E-state index contributed by atoms with van der Waals surface area (Å²) in [4.78, 5) is 24.2. The van der Waals surface area contributed by atoms with Gasteiger partial charge in [-0.2, -0.15) is 0 Å². The maximum Gasteiger partial charge on any atom is 0.420 e. The molecule has 6 nitrogen and oxygen atoms in total. The van der Waals surface area contributed by atoms with Crippen LogP contribution >= 0.6 is 0 Å². The van der Waals surface area contributed by atoms with Crippen molar-refractivity contribution < 1.29 is 14.3 Å². The largest absolute Gasteiger partial charge is 0.420 e. The number of hydrogen-bond acceptors (Lipinski definition) is 4. The number of aromatic nitrogens is 1. The van der Waals surface area contributed by atoms with Crippen LogP contribution in [0.2, 0.25) is 0 Å². The molecule has 2 aromatic carbocycles. The highest BCUT2D eigenvalue weighted by Crippen LogP contribution is 2.36. The number of rotatable bonds is 4. The monoisotopic (exact) mass is 338 g/mol. The van der Waals surface area contributed by atoms with Gasteiger partial charge in [0, 0.05) is 0 Å². The molecule has 0 fully saturated rings. The lowest BCUT2D eigenvalue weighted by Crippen LogP contribution is -2.41. The lowest BCUT2D eigenvalue weighted by atomic mass is 9.96. The number of carbonyl (C=O) groups is 1. The van der Waals surface area contributed by atoms with Crippen LogP contribution in [0.15, 0.2) is 57.7 Å². The molecular formula is C19H18N2O4. The van der Waals surface area contributed by atoms with Crippen molar-refractivity contribution in [3.63, 3.8) is 0 Å². The Bertz CT molecular complexity index is 1000. The smallest absolute Gasteiger partial charge is 0.408 e. The minimum absolute atomic E-state index is 0.118. The Morgan fingerprint density at radius 1 is 1.20 bits per heavy atom. The third-order valence-electron chi connectivity index (χ3n) is 4.78. The van der Waals surface area contributed by atoms with Crippen LogP contribution in [0.4, 0.5) is 0 Å². The predicted octanol–water partition coefficient (Wildman–Crippen LogP) is 1.54.